The Morgan fingerprint density at radius 1 is 1.08 bits per heavy atom. The normalized spacial score (nSPS) is 12.3. The molecule has 0 spiro atoms. The minimum Gasteiger partial charge on any atom is -0.355 e. The van der Waals surface area contributed by atoms with E-state index in [2.05, 4.69) is 31.4 Å². The highest BCUT2D eigenvalue weighted by Crippen LogP contribution is 2.08. The summed E-state index contributed by atoms with van der Waals surface area (Å²) in [5.74, 6) is 0.616. The fourth-order valence-corrected chi connectivity index (χ4v) is 2.49. The topological polar surface area (TPSA) is 61.4 Å². The van der Waals surface area contributed by atoms with Crippen molar-refractivity contribution in [2.24, 2.45) is 5.92 Å². The van der Waals surface area contributed by atoms with Crippen LogP contribution in [0.4, 0.5) is 0 Å². The summed E-state index contributed by atoms with van der Waals surface area (Å²) in [5.41, 5.74) is 1.71. The lowest BCUT2D eigenvalue weighted by atomic mass is 10.0. The second-order valence-electron chi connectivity index (χ2n) is 6.89. The Bertz CT molecular complexity index is 526. The van der Waals surface area contributed by atoms with Crippen LogP contribution in [0.1, 0.15) is 49.5 Å². The maximum atomic E-state index is 12.1. The van der Waals surface area contributed by atoms with Crippen LogP contribution >= 0.6 is 0 Å². The molecule has 24 heavy (non-hydrogen) atoms. The highest BCUT2D eigenvalue weighted by Gasteiger charge is 2.11. The van der Waals surface area contributed by atoms with Crippen molar-refractivity contribution in [1.29, 1.82) is 0 Å². The largest absolute Gasteiger partial charge is 0.355 e. The molecule has 0 aliphatic carbocycles. The molecule has 2 amide bonds. The molecule has 5 heteroatoms. The number of hydrogen-bond donors (Lipinski definition) is 2. The fourth-order valence-electron chi connectivity index (χ4n) is 2.49. The smallest absolute Gasteiger partial charge is 0.251 e. The summed E-state index contributed by atoms with van der Waals surface area (Å²) in [6.45, 7) is 7.47. The second-order valence-corrected chi connectivity index (χ2v) is 6.89. The lowest BCUT2D eigenvalue weighted by Gasteiger charge is -2.19. The number of nitrogens with one attached hydrogen (secondary N) is 2. The molecule has 0 radical (unpaired) electrons. The van der Waals surface area contributed by atoms with Crippen LogP contribution in [-0.2, 0) is 11.3 Å². The summed E-state index contributed by atoms with van der Waals surface area (Å²) in [7, 11) is 3.54. The molecule has 5 nitrogen and oxygen atoms in total. The van der Waals surface area contributed by atoms with Gasteiger partial charge < -0.3 is 10.6 Å². The summed E-state index contributed by atoms with van der Waals surface area (Å²) in [6.07, 6.45) is 2.13. The zero-order valence-corrected chi connectivity index (χ0v) is 15.6. The molecule has 0 aliphatic rings. The Morgan fingerprint density at radius 3 is 2.25 bits per heavy atom. The quantitative estimate of drug-likeness (QED) is 0.729. The molecule has 134 valence electrons. The van der Waals surface area contributed by atoms with Crippen molar-refractivity contribution in [3.63, 3.8) is 0 Å². The molecule has 0 saturated carbocycles. The second kappa shape index (κ2) is 10.1. The van der Waals surface area contributed by atoms with E-state index in [1.54, 1.807) is 19.2 Å². The standard InChI is InChI=1S/C19H31N3O2/c1-14(2)6-7-15(3)21-18(23)13-22(5)12-16-8-10-17(11-9-16)19(24)20-4/h8-11,14-15H,6-7,12-13H2,1-5H3,(H,20,24)(H,21,23)/t15-/m0/s1. The molecule has 0 aromatic heterocycles. The summed E-state index contributed by atoms with van der Waals surface area (Å²) in [6, 6.07) is 7.65. The minimum absolute atomic E-state index is 0.0516. The molecule has 1 aromatic rings. The molecule has 1 atom stereocenters. The van der Waals surface area contributed by atoms with Gasteiger partial charge in [-0.1, -0.05) is 26.0 Å². The van der Waals surface area contributed by atoms with E-state index in [1.165, 1.54) is 0 Å². The molecule has 2 N–H and O–H groups in total. The molecule has 0 fully saturated rings. The monoisotopic (exact) mass is 333 g/mol. The van der Waals surface area contributed by atoms with Crippen LogP contribution in [0.2, 0.25) is 0 Å². The van der Waals surface area contributed by atoms with E-state index in [0.29, 0.717) is 24.6 Å². The Morgan fingerprint density at radius 2 is 1.71 bits per heavy atom. The van der Waals surface area contributed by atoms with Crippen molar-refractivity contribution in [2.75, 3.05) is 20.6 Å². The third kappa shape index (κ3) is 7.59. The predicted octanol–water partition coefficient (Wildman–Crippen LogP) is 2.42. The van der Waals surface area contributed by atoms with Gasteiger partial charge in [-0.2, -0.15) is 0 Å². The van der Waals surface area contributed by atoms with Crippen molar-refractivity contribution in [3.8, 4) is 0 Å². The van der Waals surface area contributed by atoms with Crippen molar-refractivity contribution in [3.05, 3.63) is 35.4 Å². The summed E-state index contributed by atoms with van der Waals surface area (Å²) < 4.78 is 0. The van der Waals surface area contributed by atoms with Gasteiger partial charge in [0.2, 0.25) is 5.91 Å². The van der Waals surface area contributed by atoms with Gasteiger partial charge in [-0.25, -0.2) is 0 Å². The Balaban J connectivity index is 2.40. The van der Waals surface area contributed by atoms with Crippen molar-refractivity contribution >= 4 is 11.8 Å². The van der Waals surface area contributed by atoms with Crippen LogP contribution in [-0.4, -0.2) is 43.4 Å². The van der Waals surface area contributed by atoms with E-state index in [0.717, 1.165) is 18.4 Å². The van der Waals surface area contributed by atoms with Crippen LogP contribution in [0.25, 0.3) is 0 Å². The molecule has 0 saturated heterocycles. The number of amides is 2. The zero-order valence-electron chi connectivity index (χ0n) is 15.6. The van der Waals surface area contributed by atoms with E-state index >= 15 is 0 Å². The van der Waals surface area contributed by atoms with Gasteiger partial charge in [0.25, 0.3) is 5.91 Å². The number of likely N-dealkylation sites (N-methyl/N-ethyl adjacent to an activating group) is 1. The summed E-state index contributed by atoms with van der Waals surface area (Å²) in [5, 5.41) is 5.65. The predicted molar refractivity (Wildman–Crippen MR) is 97.8 cm³/mol. The third-order valence-electron chi connectivity index (χ3n) is 3.89. The van der Waals surface area contributed by atoms with Crippen LogP contribution in [0, 0.1) is 5.92 Å². The van der Waals surface area contributed by atoms with Gasteiger partial charge in [0.05, 0.1) is 6.54 Å². The van der Waals surface area contributed by atoms with E-state index < -0.39 is 0 Å². The van der Waals surface area contributed by atoms with E-state index in [1.807, 2.05) is 24.1 Å². The third-order valence-corrected chi connectivity index (χ3v) is 3.89. The fraction of sp³-hybridized carbons (Fsp3) is 0.579. The molecular weight excluding hydrogens is 302 g/mol. The number of carbonyl (C=O) groups is 2. The lowest BCUT2D eigenvalue weighted by molar-refractivity contribution is -0.122. The number of hydrogen-bond acceptors (Lipinski definition) is 3. The first kappa shape index (κ1) is 20.2. The van der Waals surface area contributed by atoms with Crippen LogP contribution in [0.15, 0.2) is 24.3 Å². The molecule has 1 rings (SSSR count). The van der Waals surface area contributed by atoms with Gasteiger partial charge in [0.1, 0.15) is 0 Å². The molecule has 0 heterocycles. The average Bonchev–Trinajstić information content (AvgIpc) is 2.52. The molecular formula is C19H31N3O2. The number of benzene rings is 1. The van der Waals surface area contributed by atoms with Gasteiger partial charge in [-0.05, 0) is 50.4 Å². The number of rotatable bonds is 9. The van der Waals surface area contributed by atoms with Crippen LogP contribution in [0.3, 0.4) is 0 Å². The summed E-state index contributed by atoms with van der Waals surface area (Å²) in [4.78, 5) is 25.6. The zero-order chi connectivity index (χ0) is 18.1. The van der Waals surface area contributed by atoms with Gasteiger partial charge in [0, 0.05) is 25.2 Å². The Labute approximate surface area is 145 Å². The Hall–Kier alpha value is -1.88. The maximum absolute atomic E-state index is 12.1. The SMILES string of the molecule is CNC(=O)c1ccc(CN(C)CC(=O)N[C@@H](C)CCC(C)C)cc1. The van der Waals surface area contributed by atoms with Crippen LogP contribution < -0.4 is 10.6 Å². The number of carbonyl (C=O) groups excluding carboxylic acids is 2. The first-order valence-corrected chi connectivity index (χ1v) is 8.60. The number of nitrogens with zero attached hydrogens (tertiary/aromatic N) is 1. The molecule has 1 aromatic carbocycles. The van der Waals surface area contributed by atoms with Crippen molar-refractivity contribution in [2.45, 2.75) is 46.2 Å². The van der Waals surface area contributed by atoms with E-state index in [4.69, 9.17) is 0 Å². The first-order valence-electron chi connectivity index (χ1n) is 8.60. The van der Waals surface area contributed by atoms with Gasteiger partial charge in [0.15, 0.2) is 0 Å². The average molecular weight is 333 g/mol. The van der Waals surface area contributed by atoms with Gasteiger partial charge in [-0.15, -0.1) is 0 Å². The van der Waals surface area contributed by atoms with Gasteiger partial charge in [-0.3, -0.25) is 14.5 Å². The molecule has 0 aliphatic heterocycles. The van der Waals surface area contributed by atoms with Gasteiger partial charge >= 0.3 is 0 Å². The highest BCUT2D eigenvalue weighted by molar-refractivity contribution is 5.93. The summed E-state index contributed by atoms with van der Waals surface area (Å²) >= 11 is 0. The Kier molecular flexibility index (Phi) is 8.47. The lowest BCUT2D eigenvalue weighted by Crippen LogP contribution is -2.39. The van der Waals surface area contributed by atoms with E-state index in [9.17, 15) is 9.59 Å². The first-order chi connectivity index (χ1) is 11.3. The molecule has 0 bridgehead atoms. The maximum Gasteiger partial charge on any atom is 0.251 e. The van der Waals surface area contributed by atoms with Crippen molar-refractivity contribution in [1.82, 2.24) is 15.5 Å². The highest BCUT2D eigenvalue weighted by atomic mass is 16.2. The van der Waals surface area contributed by atoms with E-state index in [-0.39, 0.29) is 17.9 Å². The van der Waals surface area contributed by atoms with Crippen molar-refractivity contribution < 1.29 is 9.59 Å². The van der Waals surface area contributed by atoms with Crippen LogP contribution in [0.5, 0.6) is 0 Å². The molecule has 0 unspecified atom stereocenters. The minimum atomic E-state index is -0.0929.